The van der Waals surface area contributed by atoms with Gasteiger partial charge in [-0.25, -0.2) is 0 Å². The van der Waals surface area contributed by atoms with Crippen LogP contribution in [-0.2, 0) is 10.4 Å². The molecule has 0 fully saturated rings. The maximum absolute atomic E-state index is 12.9. The predicted molar refractivity (Wildman–Crippen MR) is 109 cm³/mol. The minimum Gasteiger partial charge on any atom is -0.375 e. The summed E-state index contributed by atoms with van der Waals surface area (Å²) in [6.07, 6.45) is 5.04. The number of benzene rings is 2. The van der Waals surface area contributed by atoms with Gasteiger partial charge in [0, 0.05) is 15.6 Å². The van der Waals surface area contributed by atoms with Gasteiger partial charge in [0.1, 0.15) is 0 Å². The number of aliphatic hydroxyl groups is 1. The van der Waals surface area contributed by atoms with Gasteiger partial charge < -0.3 is 5.11 Å². The zero-order valence-electron chi connectivity index (χ0n) is 15.2. The van der Waals surface area contributed by atoms with E-state index in [9.17, 15) is 14.7 Å². The van der Waals surface area contributed by atoms with Crippen molar-refractivity contribution in [3.05, 3.63) is 63.6 Å². The number of anilines is 1. The van der Waals surface area contributed by atoms with E-state index in [0.29, 0.717) is 27.2 Å². The molecule has 1 atom stereocenters. The zero-order chi connectivity index (χ0) is 19.8. The molecule has 0 radical (unpaired) electrons. The first-order valence-corrected chi connectivity index (χ1v) is 9.48. The van der Waals surface area contributed by atoms with Gasteiger partial charge in [-0.3, -0.25) is 14.5 Å². The summed E-state index contributed by atoms with van der Waals surface area (Å²) in [5.41, 5.74) is 0.587. The molecule has 0 spiro atoms. The van der Waals surface area contributed by atoms with Crippen LogP contribution in [0.4, 0.5) is 5.69 Å². The molecule has 1 N–H and O–H groups in total. The second-order valence-electron chi connectivity index (χ2n) is 6.99. The molecule has 1 heterocycles. The Hall–Kier alpha value is -2.42. The van der Waals surface area contributed by atoms with Crippen molar-refractivity contribution in [1.29, 1.82) is 0 Å². The second kappa shape index (κ2) is 7.30. The Morgan fingerprint density at radius 2 is 1.93 bits per heavy atom. The third kappa shape index (κ3) is 3.43. The SMILES string of the molecule is C#CCN1C(=O)[C@@](O)(CC(=O)c2ccc(C(C)C)cc2)c2cc(Br)ccc21. The Kier molecular flexibility index (Phi) is 5.23. The third-order valence-corrected chi connectivity index (χ3v) is 5.35. The predicted octanol–water partition coefficient (Wildman–Crippen LogP) is 4.01. The van der Waals surface area contributed by atoms with E-state index in [0.717, 1.165) is 5.56 Å². The van der Waals surface area contributed by atoms with Crippen molar-refractivity contribution in [2.45, 2.75) is 31.8 Å². The average molecular weight is 426 g/mol. The summed E-state index contributed by atoms with van der Waals surface area (Å²) in [6.45, 7) is 4.18. The maximum Gasteiger partial charge on any atom is 0.265 e. The van der Waals surface area contributed by atoms with Crippen molar-refractivity contribution in [3.8, 4) is 12.3 Å². The highest BCUT2D eigenvalue weighted by Gasteiger charge is 2.50. The van der Waals surface area contributed by atoms with Crippen LogP contribution < -0.4 is 4.90 Å². The monoisotopic (exact) mass is 425 g/mol. The van der Waals surface area contributed by atoms with Crippen molar-refractivity contribution in [1.82, 2.24) is 0 Å². The van der Waals surface area contributed by atoms with Gasteiger partial charge in [-0.15, -0.1) is 6.42 Å². The van der Waals surface area contributed by atoms with Gasteiger partial charge in [-0.05, 0) is 29.7 Å². The Bertz CT molecular complexity index is 943. The van der Waals surface area contributed by atoms with E-state index in [-0.39, 0.29) is 18.7 Å². The molecule has 4 nitrogen and oxygen atoms in total. The van der Waals surface area contributed by atoms with E-state index in [1.54, 1.807) is 30.3 Å². The van der Waals surface area contributed by atoms with Gasteiger partial charge in [0.15, 0.2) is 11.4 Å². The van der Waals surface area contributed by atoms with Crippen LogP contribution in [0.5, 0.6) is 0 Å². The summed E-state index contributed by atoms with van der Waals surface area (Å²) < 4.78 is 0.712. The number of hydrogen-bond acceptors (Lipinski definition) is 3. The van der Waals surface area contributed by atoms with Gasteiger partial charge in [-0.2, -0.15) is 0 Å². The summed E-state index contributed by atoms with van der Waals surface area (Å²) in [4.78, 5) is 27.1. The first-order valence-electron chi connectivity index (χ1n) is 8.69. The summed E-state index contributed by atoms with van der Waals surface area (Å²) in [7, 11) is 0. The van der Waals surface area contributed by atoms with Gasteiger partial charge in [0.05, 0.1) is 18.7 Å². The van der Waals surface area contributed by atoms with Crippen LogP contribution in [0.1, 0.15) is 47.7 Å². The molecule has 1 amide bonds. The molecule has 0 aromatic heterocycles. The molecule has 2 aromatic rings. The highest BCUT2D eigenvalue weighted by Crippen LogP contribution is 2.44. The number of ketones is 1. The fourth-order valence-electron chi connectivity index (χ4n) is 3.33. The highest BCUT2D eigenvalue weighted by molar-refractivity contribution is 9.10. The maximum atomic E-state index is 12.9. The number of terminal acetylenes is 1. The van der Waals surface area contributed by atoms with Crippen molar-refractivity contribution in [2.24, 2.45) is 0 Å². The first-order chi connectivity index (χ1) is 12.8. The van der Waals surface area contributed by atoms with E-state index >= 15 is 0 Å². The summed E-state index contributed by atoms with van der Waals surface area (Å²) in [5.74, 6) is 1.92. The van der Waals surface area contributed by atoms with Crippen LogP contribution in [0.25, 0.3) is 0 Å². The van der Waals surface area contributed by atoms with Gasteiger partial charge >= 0.3 is 0 Å². The Morgan fingerprint density at radius 3 is 2.52 bits per heavy atom. The lowest BCUT2D eigenvalue weighted by molar-refractivity contribution is -0.135. The Balaban J connectivity index is 1.95. The minimum absolute atomic E-state index is 0.0348. The lowest BCUT2D eigenvalue weighted by Gasteiger charge is -2.22. The average Bonchev–Trinajstić information content (AvgIpc) is 2.84. The number of nitrogens with zero attached hydrogens (tertiary/aromatic N) is 1. The lowest BCUT2D eigenvalue weighted by atomic mass is 9.87. The molecule has 1 aliphatic rings. The second-order valence-corrected chi connectivity index (χ2v) is 7.91. The number of Topliss-reactive ketones (excluding diaryl/α,β-unsaturated/α-hetero) is 1. The largest absolute Gasteiger partial charge is 0.375 e. The number of rotatable bonds is 5. The van der Waals surface area contributed by atoms with Gasteiger partial charge in [-0.1, -0.05) is 60.0 Å². The lowest BCUT2D eigenvalue weighted by Crippen LogP contribution is -2.42. The van der Waals surface area contributed by atoms with Crippen molar-refractivity contribution < 1.29 is 14.7 Å². The molecule has 1 aliphatic heterocycles. The topological polar surface area (TPSA) is 57.6 Å². The first kappa shape index (κ1) is 19.3. The Morgan fingerprint density at radius 1 is 1.26 bits per heavy atom. The molecule has 27 heavy (non-hydrogen) atoms. The van der Waals surface area contributed by atoms with E-state index < -0.39 is 11.5 Å². The summed E-state index contributed by atoms with van der Waals surface area (Å²) in [6, 6.07) is 12.4. The van der Waals surface area contributed by atoms with Crippen LogP contribution in [0.2, 0.25) is 0 Å². The molecule has 5 heteroatoms. The fraction of sp³-hybridized carbons (Fsp3) is 0.273. The van der Waals surface area contributed by atoms with Crippen molar-refractivity contribution in [2.75, 3.05) is 11.4 Å². The molecular weight excluding hydrogens is 406 g/mol. The third-order valence-electron chi connectivity index (χ3n) is 4.86. The van der Waals surface area contributed by atoms with Crippen LogP contribution in [0.15, 0.2) is 46.9 Å². The number of amides is 1. The minimum atomic E-state index is -1.93. The molecule has 138 valence electrons. The van der Waals surface area contributed by atoms with Crippen LogP contribution >= 0.6 is 15.9 Å². The van der Waals surface area contributed by atoms with Crippen molar-refractivity contribution >= 4 is 33.3 Å². The van der Waals surface area contributed by atoms with E-state index in [4.69, 9.17) is 6.42 Å². The molecule has 0 bridgehead atoms. The molecule has 0 unspecified atom stereocenters. The molecule has 2 aromatic carbocycles. The summed E-state index contributed by atoms with van der Waals surface area (Å²) in [5, 5.41) is 11.2. The fourth-order valence-corrected chi connectivity index (χ4v) is 3.69. The molecular formula is C22H20BrNO3. The zero-order valence-corrected chi connectivity index (χ0v) is 16.8. The van der Waals surface area contributed by atoms with Crippen LogP contribution in [0.3, 0.4) is 0 Å². The molecule has 0 aliphatic carbocycles. The van der Waals surface area contributed by atoms with Crippen molar-refractivity contribution in [3.63, 3.8) is 0 Å². The summed E-state index contributed by atoms with van der Waals surface area (Å²) >= 11 is 3.36. The number of carbonyl (C=O) groups is 2. The number of carbonyl (C=O) groups excluding carboxylic acids is 2. The van der Waals surface area contributed by atoms with Gasteiger partial charge in [0.25, 0.3) is 5.91 Å². The molecule has 0 saturated carbocycles. The van der Waals surface area contributed by atoms with E-state index in [1.807, 2.05) is 12.1 Å². The number of halogens is 1. The molecule has 0 saturated heterocycles. The number of fused-ring (bicyclic) bond motifs is 1. The smallest absolute Gasteiger partial charge is 0.265 e. The Labute approximate surface area is 167 Å². The number of hydrogen-bond donors (Lipinski definition) is 1. The standard InChI is InChI=1S/C22H20BrNO3/c1-4-11-24-19-10-9-17(23)12-18(19)22(27,21(24)26)13-20(25)16-7-5-15(6-8-16)14(2)3/h1,5-10,12,14,27H,11,13H2,2-3H3/t22-/m1/s1. The van der Waals surface area contributed by atoms with Crippen LogP contribution in [0, 0.1) is 12.3 Å². The normalized spacial score (nSPS) is 18.5. The van der Waals surface area contributed by atoms with Gasteiger partial charge in [0.2, 0.25) is 0 Å². The van der Waals surface area contributed by atoms with Crippen LogP contribution in [-0.4, -0.2) is 23.3 Å². The van der Waals surface area contributed by atoms with E-state index in [2.05, 4.69) is 35.7 Å². The molecule has 3 rings (SSSR count). The van der Waals surface area contributed by atoms with E-state index in [1.165, 1.54) is 4.90 Å². The highest BCUT2D eigenvalue weighted by atomic mass is 79.9. The quantitative estimate of drug-likeness (QED) is 0.581.